The van der Waals surface area contributed by atoms with E-state index in [1.165, 1.54) is 0 Å². The van der Waals surface area contributed by atoms with Gasteiger partial charge in [0, 0.05) is 24.7 Å². The molecule has 0 saturated carbocycles. The Kier molecular flexibility index (Phi) is 6.22. The smallest absolute Gasteiger partial charge is 0.254 e. The largest absolute Gasteiger partial charge is 0.352 e. The van der Waals surface area contributed by atoms with Crippen LogP contribution in [-0.4, -0.2) is 18.4 Å². The molecule has 4 nitrogen and oxygen atoms in total. The van der Waals surface area contributed by atoms with Crippen molar-refractivity contribution in [3.8, 4) is 0 Å². The number of hydrogen-bond donors (Lipinski definition) is 2. The van der Waals surface area contributed by atoms with Gasteiger partial charge in [-0.1, -0.05) is 18.2 Å². The topological polar surface area (TPSA) is 58.2 Å². The first-order valence-electron chi connectivity index (χ1n) is 7.98. The van der Waals surface area contributed by atoms with E-state index in [2.05, 4.69) is 10.6 Å². The fourth-order valence-electron chi connectivity index (χ4n) is 2.43. The number of carbonyl (C=O) groups excluding carboxylic acids is 2. The van der Waals surface area contributed by atoms with Gasteiger partial charge in [-0.25, -0.2) is 8.78 Å². The summed E-state index contributed by atoms with van der Waals surface area (Å²) in [7, 11) is 0. The second-order valence-electron chi connectivity index (χ2n) is 5.80. The molecular weight excluding hydrogens is 326 g/mol. The molecule has 0 saturated heterocycles. The molecule has 0 radical (unpaired) electrons. The number of nitrogens with one attached hydrogen (secondary N) is 2. The van der Waals surface area contributed by atoms with Crippen molar-refractivity contribution in [1.29, 1.82) is 0 Å². The van der Waals surface area contributed by atoms with E-state index in [1.54, 1.807) is 0 Å². The third-order valence-electron chi connectivity index (χ3n) is 3.79. The normalized spacial score (nSPS) is 10.4. The summed E-state index contributed by atoms with van der Waals surface area (Å²) in [4.78, 5) is 23.8. The van der Waals surface area contributed by atoms with Crippen LogP contribution in [-0.2, 0) is 4.79 Å². The van der Waals surface area contributed by atoms with Gasteiger partial charge in [-0.15, -0.1) is 0 Å². The molecule has 0 unspecified atom stereocenters. The van der Waals surface area contributed by atoms with Crippen molar-refractivity contribution >= 4 is 17.5 Å². The van der Waals surface area contributed by atoms with Crippen molar-refractivity contribution in [3.63, 3.8) is 0 Å². The second kappa shape index (κ2) is 8.37. The highest BCUT2D eigenvalue weighted by molar-refractivity contribution is 5.94. The zero-order valence-electron chi connectivity index (χ0n) is 14.2. The van der Waals surface area contributed by atoms with E-state index >= 15 is 0 Å². The zero-order valence-corrected chi connectivity index (χ0v) is 14.2. The zero-order chi connectivity index (χ0) is 18.4. The third kappa shape index (κ3) is 5.11. The number of carbonyl (C=O) groups is 2. The summed E-state index contributed by atoms with van der Waals surface area (Å²) in [6, 6.07) is 8.53. The Morgan fingerprint density at radius 1 is 1.04 bits per heavy atom. The molecule has 0 aliphatic rings. The van der Waals surface area contributed by atoms with Crippen molar-refractivity contribution < 1.29 is 18.4 Å². The number of hydrogen-bond acceptors (Lipinski definition) is 2. The van der Waals surface area contributed by atoms with E-state index in [-0.39, 0.29) is 24.4 Å². The van der Waals surface area contributed by atoms with Crippen LogP contribution < -0.4 is 10.6 Å². The molecule has 0 aromatic heterocycles. The van der Waals surface area contributed by atoms with Crippen LogP contribution in [0.25, 0.3) is 0 Å². The van der Waals surface area contributed by atoms with Crippen LogP contribution >= 0.6 is 0 Å². The molecular formula is C19H20F2N2O2. The molecule has 2 rings (SSSR count). The first kappa shape index (κ1) is 18.6. The lowest BCUT2D eigenvalue weighted by atomic mass is 10.1. The Labute approximate surface area is 145 Å². The first-order valence-corrected chi connectivity index (χ1v) is 7.98. The van der Waals surface area contributed by atoms with Crippen molar-refractivity contribution in [3.05, 3.63) is 64.7 Å². The van der Waals surface area contributed by atoms with E-state index in [0.29, 0.717) is 12.5 Å². The molecule has 0 spiro atoms. The highest BCUT2D eigenvalue weighted by atomic mass is 19.1. The molecule has 6 heteroatoms. The summed E-state index contributed by atoms with van der Waals surface area (Å²) in [5.74, 6) is -2.44. The molecule has 0 heterocycles. The highest BCUT2D eigenvalue weighted by Crippen LogP contribution is 2.19. The SMILES string of the molecule is Cc1cccc(C)c1NC(=O)CCCNC(=O)c1ccc(F)cc1F. The number of anilines is 1. The minimum atomic E-state index is -0.912. The average molecular weight is 346 g/mol. The Hall–Kier alpha value is -2.76. The highest BCUT2D eigenvalue weighted by Gasteiger charge is 2.12. The van der Waals surface area contributed by atoms with Gasteiger partial charge in [0.05, 0.1) is 5.56 Å². The number of aryl methyl sites for hydroxylation is 2. The minimum absolute atomic E-state index is 0.153. The van der Waals surface area contributed by atoms with Gasteiger partial charge in [0.15, 0.2) is 0 Å². The van der Waals surface area contributed by atoms with Gasteiger partial charge < -0.3 is 10.6 Å². The summed E-state index contributed by atoms with van der Waals surface area (Å²) in [6.45, 7) is 4.05. The van der Waals surface area contributed by atoms with E-state index < -0.39 is 17.5 Å². The van der Waals surface area contributed by atoms with E-state index in [1.807, 2.05) is 32.0 Å². The first-order chi connectivity index (χ1) is 11.9. The van der Waals surface area contributed by atoms with Gasteiger partial charge in [0.25, 0.3) is 5.91 Å². The van der Waals surface area contributed by atoms with Crippen LogP contribution in [0, 0.1) is 25.5 Å². The lowest BCUT2D eigenvalue weighted by Gasteiger charge is -2.11. The van der Waals surface area contributed by atoms with Crippen LogP contribution in [0.15, 0.2) is 36.4 Å². The maximum Gasteiger partial charge on any atom is 0.254 e. The maximum absolute atomic E-state index is 13.5. The molecule has 25 heavy (non-hydrogen) atoms. The quantitative estimate of drug-likeness (QED) is 0.783. The summed E-state index contributed by atoms with van der Waals surface area (Å²) in [6.07, 6.45) is 0.630. The number of amides is 2. The van der Waals surface area contributed by atoms with Gasteiger partial charge >= 0.3 is 0 Å². The summed E-state index contributed by atoms with van der Waals surface area (Å²) < 4.78 is 26.3. The Bertz CT molecular complexity index is 771. The molecule has 2 N–H and O–H groups in total. The lowest BCUT2D eigenvalue weighted by molar-refractivity contribution is -0.116. The van der Waals surface area contributed by atoms with Gasteiger partial charge in [0.1, 0.15) is 11.6 Å². The van der Waals surface area contributed by atoms with Gasteiger partial charge in [-0.05, 0) is 43.5 Å². The molecule has 2 aromatic carbocycles. The van der Waals surface area contributed by atoms with Crippen LogP contribution in [0.4, 0.5) is 14.5 Å². The van der Waals surface area contributed by atoms with Gasteiger partial charge in [-0.2, -0.15) is 0 Å². The van der Waals surface area contributed by atoms with Crippen molar-refractivity contribution in [2.75, 3.05) is 11.9 Å². The molecule has 0 fully saturated rings. The van der Waals surface area contributed by atoms with Crippen LogP contribution in [0.3, 0.4) is 0 Å². The third-order valence-corrected chi connectivity index (χ3v) is 3.79. The Morgan fingerprint density at radius 2 is 1.72 bits per heavy atom. The Morgan fingerprint density at radius 3 is 2.36 bits per heavy atom. The molecule has 0 aliphatic heterocycles. The molecule has 0 atom stereocenters. The molecule has 0 bridgehead atoms. The summed E-state index contributed by atoms with van der Waals surface area (Å²) in [5, 5.41) is 5.38. The van der Waals surface area contributed by atoms with Crippen molar-refractivity contribution in [2.24, 2.45) is 0 Å². The number of benzene rings is 2. The van der Waals surface area contributed by atoms with E-state index in [9.17, 15) is 18.4 Å². The van der Waals surface area contributed by atoms with Crippen molar-refractivity contribution in [1.82, 2.24) is 5.32 Å². The van der Waals surface area contributed by atoms with E-state index in [4.69, 9.17) is 0 Å². The number of halogens is 2. The van der Waals surface area contributed by atoms with Gasteiger partial charge in [-0.3, -0.25) is 9.59 Å². The predicted octanol–water partition coefficient (Wildman–Crippen LogP) is 3.73. The predicted molar refractivity (Wildman–Crippen MR) is 92.5 cm³/mol. The fourth-order valence-corrected chi connectivity index (χ4v) is 2.43. The van der Waals surface area contributed by atoms with Crippen LogP contribution in [0.2, 0.25) is 0 Å². The summed E-state index contributed by atoms with van der Waals surface area (Å²) in [5.41, 5.74) is 2.54. The number of rotatable bonds is 6. The monoisotopic (exact) mass is 346 g/mol. The fraction of sp³-hybridized carbons (Fsp3) is 0.263. The molecule has 0 aliphatic carbocycles. The van der Waals surface area contributed by atoms with Gasteiger partial charge in [0.2, 0.25) is 5.91 Å². The van der Waals surface area contributed by atoms with E-state index in [0.717, 1.165) is 28.9 Å². The molecule has 132 valence electrons. The lowest BCUT2D eigenvalue weighted by Crippen LogP contribution is -2.26. The average Bonchev–Trinajstić information content (AvgIpc) is 2.55. The van der Waals surface area contributed by atoms with Crippen LogP contribution in [0.1, 0.15) is 34.3 Å². The molecule has 2 aromatic rings. The number of para-hydroxylation sites is 1. The minimum Gasteiger partial charge on any atom is -0.352 e. The maximum atomic E-state index is 13.5. The van der Waals surface area contributed by atoms with Crippen molar-refractivity contribution in [2.45, 2.75) is 26.7 Å². The van der Waals surface area contributed by atoms with Crippen LogP contribution in [0.5, 0.6) is 0 Å². The second-order valence-corrected chi connectivity index (χ2v) is 5.80. The molecule has 2 amide bonds. The standard InChI is InChI=1S/C19H20F2N2O2/c1-12-5-3-6-13(2)18(12)23-17(24)7-4-10-22-19(25)15-9-8-14(20)11-16(15)21/h3,5-6,8-9,11H,4,7,10H2,1-2H3,(H,22,25)(H,23,24). The summed E-state index contributed by atoms with van der Waals surface area (Å²) >= 11 is 0. The Balaban J connectivity index is 1.79.